The highest BCUT2D eigenvalue weighted by Gasteiger charge is 2.41. The van der Waals surface area contributed by atoms with Gasteiger partial charge in [-0.15, -0.1) is 5.10 Å². The third-order valence-corrected chi connectivity index (χ3v) is 6.92. The standard InChI is InChI=1S/C26H31Cl2N5/c1-25(2,3)23(15-13-19-12-14-20(27)18-22(19)28)33-24(30-31-32-33)26(16-8-5-9-17-26)29-21-10-6-4-7-11-21/h4,6-7,10-15,18,23,29H,5,8-9,16-17H2,1-3H3/b15-13-/t23-/m0/s1. The van der Waals surface area contributed by atoms with Gasteiger partial charge in [0, 0.05) is 15.7 Å². The topological polar surface area (TPSA) is 55.6 Å². The highest BCUT2D eigenvalue weighted by atomic mass is 35.5. The molecular weight excluding hydrogens is 453 g/mol. The van der Waals surface area contributed by atoms with Crippen LogP contribution in [0.2, 0.25) is 10.0 Å². The Kier molecular flexibility index (Phi) is 7.10. The van der Waals surface area contributed by atoms with Crippen molar-refractivity contribution in [3.05, 3.63) is 76.0 Å². The number of nitrogens with zero attached hydrogens (tertiary/aromatic N) is 4. The molecule has 1 aliphatic carbocycles. The van der Waals surface area contributed by atoms with Gasteiger partial charge in [-0.3, -0.25) is 0 Å². The molecule has 2 aromatic carbocycles. The Hall–Kier alpha value is -2.37. The van der Waals surface area contributed by atoms with Gasteiger partial charge >= 0.3 is 0 Å². The van der Waals surface area contributed by atoms with E-state index in [0.29, 0.717) is 10.0 Å². The molecule has 1 saturated carbocycles. The Morgan fingerprint density at radius 2 is 1.76 bits per heavy atom. The summed E-state index contributed by atoms with van der Waals surface area (Å²) in [6.45, 7) is 6.61. The van der Waals surface area contributed by atoms with Crippen LogP contribution in [0.4, 0.5) is 5.69 Å². The van der Waals surface area contributed by atoms with Crippen molar-refractivity contribution in [2.45, 2.75) is 64.5 Å². The van der Waals surface area contributed by atoms with E-state index in [2.05, 4.69) is 72.0 Å². The first-order valence-electron chi connectivity index (χ1n) is 11.5. The van der Waals surface area contributed by atoms with Gasteiger partial charge in [0.15, 0.2) is 5.82 Å². The monoisotopic (exact) mass is 483 g/mol. The number of tetrazole rings is 1. The van der Waals surface area contributed by atoms with Gasteiger partial charge in [0.05, 0.1) is 11.6 Å². The van der Waals surface area contributed by atoms with Crippen LogP contribution in [-0.4, -0.2) is 20.2 Å². The Morgan fingerprint density at radius 1 is 1.03 bits per heavy atom. The van der Waals surface area contributed by atoms with Gasteiger partial charge in [-0.1, -0.05) is 99.7 Å². The van der Waals surface area contributed by atoms with Crippen LogP contribution >= 0.6 is 23.2 Å². The number of hydrogen-bond acceptors (Lipinski definition) is 4. The predicted molar refractivity (Wildman–Crippen MR) is 137 cm³/mol. The van der Waals surface area contributed by atoms with E-state index in [0.717, 1.165) is 42.8 Å². The van der Waals surface area contributed by atoms with E-state index in [1.165, 1.54) is 6.42 Å². The quantitative estimate of drug-likeness (QED) is 0.392. The molecule has 5 nitrogen and oxygen atoms in total. The Bertz CT molecular complexity index is 1100. The molecule has 7 heteroatoms. The number of aromatic nitrogens is 4. The van der Waals surface area contributed by atoms with Gasteiger partial charge < -0.3 is 5.32 Å². The summed E-state index contributed by atoms with van der Waals surface area (Å²) in [6.07, 6.45) is 9.69. The molecule has 1 atom stereocenters. The molecule has 4 rings (SSSR count). The summed E-state index contributed by atoms with van der Waals surface area (Å²) >= 11 is 12.5. The maximum absolute atomic E-state index is 6.42. The van der Waals surface area contributed by atoms with Gasteiger partial charge in [-0.25, -0.2) is 4.68 Å². The minimum atomic E-state index is -0.307. The van der Waals surface area contributed by atoms with E-state index < -0.39 is 0 Å². The molecule has 1 aliphatic rings. The molecule has 3 aromatic rings. The summed E-state index contributed by atoms with van der Waals surface area (Å²) in [5.74, 6) is 0.887. The fourth-order valence-corrected chi connectivity index (χ4v) is 5.09. The molecule has 1 fully saturated rings. The highest BCUT2D eigenvalue weighted by Crippen LogP contribution is 2.42. The normalized spacial score (nSPS) is 17.2. The molecule has 1 heterocycles. The molecular formula is C26H31Cl2N5. The van der Waals surface area contributed by atoms with Gasteiger partial charge in [0.2, 0.25) is 0 Å². The van der Waals surface area contributed by atoms with Crippen molar-refractivity contribution in [1.29, 1.82) is 0 Å². The second kappa shape index (κ2) is 9.86. The smallest absolute Gasteiger partial charge is 0.177 e. The van der Waals surface area contributed by atoms with Gasteiger partial charge in [-0.05, 0) is 58.5 Å². The maximum atomic E-state index is 6.42. The van der Waals surface area contributed by atoms with Crippen molar-refractivity contribution in [3.8, 4) is 0 Å². The third kappa shape index (κ3) is 5.42. The second-order valence-corrected chi connectivity index (χ2v) is 10.8. The van der Waals surface area contributed by atoms with E-state index in [1.54, 1.807) is 6.07 Å². The summed E-state index contributed by atoms with van der Waals surface area (Å²) in [5, 5.41) is 18.3. The van der Waals surface area contributed by atoms with Crippen LogP contribution < -0.4 is 5.32 Å². The fraction of sp³-hybridized carbons (Fsp3) is 0.423. The number of anilines is 1. The summed E-state index contributed by atoms with van der Waals surface area (Å²) in [7, 11) is 0. The molecule has 1 N–H and O–H groups in total. The Balaban J connectivity index is 1.74. The first-order valence-corrected chi connectivity index (χ1v) is 12.3. The van der Waals surface area contributed by atoms with Gasteiger partial charge in [0.25, 0.3) is 0 Å². The van der Waals surface area contributed by atoms with E-state index >= 15 is 0 Å². The summed E-state index contributed by atoms with van der Waals surface area (Å²) < 4.78 is 2.00. The first kappa shape index (κ1) is 23.8. The summed E-state index contributed by atoms with van der Waals surface area (Å²) in [4.78, 5) is 0. The number of hydrogen-bond donors (Lipinski definition) is 1. The summed E-state index contributed by atoms with van der Waals surface area (Å²) in [6, 6.07) is 15.8. The lowest BCUT2D eigenvalue weighted by molar-refractivity contribution is 0.237. The van der Waals surface area contributed by atoms with Crippen molar-refractivity contribution in [2.24, 2.45) is 5.41 Å². The van der Waals surface area contributed by atoms with Crippen LogP contribution in [0.3, 0.4) is 0 Å². The summed E-state index contributed by atoms with van der Waals surface area (Å²) in [5.41, 5.74) is 1.57. The van der Waals surface area contributed by atoms with Crippen LogP contribution in [-0.2, 0) is 5.54 Å². The molecule has 0 spiro atoms. The predicted octanol–water partition coefficient (Wildman–Crippen LogP) is 7.55. The number of allylic oxidation sites excluding steroid dienone is 1. The van der Waals surface area contributed by atoms with Crippen molar-refractivity contribution >= 4 is 35.0 Å². The molecule has 0 aliphatic heterocycles. The average Bonchev–Trinajstić information content (AvgIpc) is 3.26. The average molecular weight is 484 g/mol. The minimum Gasteiger partial charge on any atom is -0.373 e. The fourth-order valence-electron chi connectivity index (χ4n) is 4.62. The number of para-hydroxylation sites is 1. The SMILES string of the molecule is CC(C)(C)[C@H](/C=C\c1ccc(Cl)cc1Cl)n1nnnc1C1(Nc2ccccc2)CCCCC1. The lowest BCUT2D eigenvalue weighted by atomic mass is 9.79. The van der Waals surface area contributed by atoms with Crippen molar-refractivity contribution in [2.75, 3.05) is 5.32 Å². The van der Waals surface area contributed by atoms with Crippen molar-refractivity contribution in [3.63, 3.8) is 0 Å². The lowest BCUT2D eigenvalue weighted by Crippen LogP contribution is -2.42. The van der Waals surface area contributed by atoms with Gasteiger partial charge in [-0.2, -0.15) is 0 Å². The first-order chi connectivity index (χ1) is 15.8. The molecule has 0 amide bonds. The zero-order chi connectivity index (χ0) is 23.5. The maximum Gasteiger partial charge on any atom is 0.177 e. The zero-order valence-electron chi connectivity index (χ0n) is 19.4. The number of halogens is 2. The number of rotatable bonds is 6. The van der Waals surface area contributed by atoms with E-state index in [9.17, 15) is 0 Å². The van der Waals surface area contributed by atoms with Crippen molar-refractivity contribution in [1.82, 2.24) is 20.2 Å². The van der Waals surface area contributed by atoms with Crippen molar-refractivity contribution < 1.29 is 0 Å². The minimum absolute atomic E-state index is 0.0642. The number of benzene rings is 2. The van der Waals surface area contributed by atoms with E-state index in [-0.39, 0.29) is 17.0 Å². The van der Waals surface area contributed by atoms with E-state index in [1.807, 2.05) is 29.0 Å². The molecule has 0 saturated heterocycles. The van der Waals surface area contributed by atoms with E-state index in [4.69, 9.17) is 23.2 Å². The van der Waals surface area contributed by atoms with Crippen LogP contribution in [0.5, 0.6) is 0 Å². The zero-order valence-corrected chi connectivity index (χ0v) is 20.9. The number of nitrogens with one attached hydrogen (secondary N) is 1. The third-order valence-electron chi connectivity index (χ3n) is 6.36. The van der Waals surface area contributed by atoms with Crippen LogP contribution in [0.15, 0.2) is 54.6 Å². The van der Waals surface area contributed by atoms with Crippen LogP contribution in [0.1, 0.15) is 70.3 Å². The molecule has 0 unspecified atom stereocenters. The largest absolute Gasteiger partial charge is 0.373 e. The molecule has 0 bridgehead atoms. The lowest BCUT2D eigenvalue weighted by Gasteiger charge is -2.39. The molecule has 33 heavy (non-hydrogen) atoms. The molecule has 174 valence electrons. The van der Waals surface area contributed by atoms with Gasteiger partial charge in [0.1, 0.15) is 0 Å². The molecule has 1 aromatic heterocycles. The highest BCUT2D eigenvalue weighted by molar-refractivity contribution is 6.35. The van der Waals surface area contributed by atoms with Crippen LogP contribution in [0.25, 0.3) is 6.08 Å². The van der Waals surface area contributed by atoms with Crippen LogP contribution in [0, 0.1) is 5.41 Å². The Labute approximate surface area is 206 Å². The molecule has 0 radical (unpaired) electrons. The Morgan fingerprint density at radius 3 is 2.42 bits per heavy atom. The second-order valence-electron chi connectivity index (χ2n) is 9.92.